The Labute approximate surface area is 113 Å². The number of ketones is 1. The minimum Gasteiger partial charge on any atom is -0.370 e. The van der Waals surface area contributed by atoms with Crippen molar-refractivity contribution in [2.45, 2.75) is 33.1 Å². The third-order valence-electron chi connectivity index (χ3n) is 2.26. The molecule has 102 valence electrons. The van der Waals surface area contributed by atoms with E-state index in [0.717, 1.165) is 37.7 Å². The Morgan fingerprint density at radius 3 is 2.71 bits per heavy atom. The molecule has 0 bridgehead atoms. The Bertz CT molecular complexity index is 189. The van der Waals surface area contributed by atoms with Gasteiger partial charge in [-0.25, -0.2) is 0 Å². The molecular weight excluding hydrogens is 254 g/mol. The fourth-order valence-electron chi connectivity index (χ4n) is 1.12. The topological polar surface area (TPSA) is 38.3 Å². The van der Waals surface area contributed by atoms with Crippen molar-refractivity contribution in [2.75, 3.05) is 31.9 Å². The van der Waals surface area contributed by atoms with E-state index < -0.39 is 0 Å². The zero-order valence-electron chi connectivity index (χ0n) is 11.2. The SMILES string of the molecule is CNCCSSCOCCCCC(=O)C(C)C. The third kappa shape index (κ3) is 12.5. The maximum Gasteiger partial charge on any atom is 0.135 e. The molecule has 0 saturated carbocycles. The van der Waals surface area contributed by atoms with Crippen LogP contribution in [0.3, 0.4) is 0 Å². The van der Waals surface area contributed by atoms with Gasteiger partial charge in [0.15, 0.2) is 0 Å². The number of nitrogens with one attached hydrogen (secondary N) is 1. The second kappa shape index (κ2) is 12.7. The molecule has 0 radical (unpaired) electrons. The lowest BCUT2D eigenvalue weighted by Gasteiger charge is -2.05. The van der Waals surface area contributed by atoms with E-state index >= 15 is 0 Å². The molecule has 0 spiro atoms. The van der Waals surface area contributed by atoms with E-state index in [4.69, 9.17) is 4.74 Å². The highest BCUT2D eigenvalue weighted by atomic mass is 33.1. The lowest BCUT2D eigenvalue weighted by molar-refractivity contribution is -0.122. The monoisotopic (exact) mass is 279 g/mol. The highest BCUT2D eigenvalue weighted by Gasteiger charge is 2.05. The van der Waals surface area contributed by atoms with Crippen molar-refractivity contribution in [1.82, 2.24) is 5.32 Å². The first-order chi connectivity index (χ1) is 8.18. The standard InChI is InChI=1S/C12H25NO2S2/c1-11(2)12(14)6-4-5-8-15-10-17-16-9-7-13-3/h11,13H,4-10H2,1-3H3. The van der Waals surface area contributed by atoms with Gasteiger partial charge in [-0.15, -0.1) is 0 Å². The molecule has 0 saturated heterocycles. The van der Waals surface area contributed by atoms with Crippen LogP contribution in [-0.2, 0) is 9.53 Å². The molecule has 0 heterocycles. The van der Waals surface area contributed by atoms with Gasteiger partial charge in [-0.05, 0) is 19.9 Å². The van der Waals surface area contributed by atoms with Gasteiger partial charge in [-0.2, -0.15) is 0 Å². The molecule has 0 aliphatic rings. The molecule has 0 aromatic carbocycles. The van der Waals surface area contributed by atoms with Crippen LogP contribution in [-0.4, -0.2) is 37.7 Å². The fraction of sp³-hybridized carbons (Fsp3) is 0.917. The van der Waals surface area contributed by atoms with E-state index in [-0.39, 0.29) is 5.92 Å². The number of carbonyl (C=O) groups is 1. The quantitative estimate of drug-likeness (QED) is 0.338. The van der Waals surface area contributed by atoms with Gasteiger partial charge < -0.3 is 10.1 Å². The molecule has 17 heavy (non-hydrogen) atoms. The average Bonchev–Trinajstić information content (AvgIpc) is 2.31. The lowest BCUT2D eigenvalue weighted by Crippen LogP contribution is -2.09. The summed E-state index contributed by atoms with van der Waals surface area (Å²) in [5, 5.41) is 3.10. The maximum atomic E-state index is 11.3. The Morgan fingerprint density at radius 1 is 1.29 bits per heavy atom. The van der Waals surface area contributed by atoms with E-state index in [1.54, 1.807) is 10.8 Å². The number of hydrogen-bond acceptors (Lipinski definition) is 5. The molecule has 0 aromatic heterocycles. The molecule has 0 rings (SSSR count). The van der Waals surface area contributed by atoms with Gasteiger partial charge in [0.1, 0.15) is 11.7 Å². The number of rotatable bonds is 12. The number of hydrogen-bond donors (Lipinski definition) is 1. The molecule has 0 amide bonds. The van der Waals surface area contributed by atoms with Crippen LogP contribution in [0.25, 0.3) is 0 Å². The van der Waals surface area contributed by atoms with Gasteiger partial charge in [-0.1, -0.05) is 35.4 Å². The molecule has 0 atom stereocenters. The molecule has 0 fully saturated rings. The Kier molecular flexibility index (Phi) is 13.0. The average molecular weight is 279 g/mol. The second-order valence-corrected chi connectivity index (χ2v) is 6.68. The van der Waals surface area contributed by atoms with Crippen LogP contribution in [0.1, 0.15) is 33.1 Å². The van der Waals surface area contributed by atoms with Gasteiger partial charge in [0.25, 0.3) is 0 Å². The third-order valence-corrected chi connectivity index (χ3v) is 4.35. The van der Waals surface area contributed by atoms with Gasteiger partial charge >= 0.3 is 0 Å². The van der Waals surface area contributed by atoms with Crippen molar-refractivity contribution < 1.29 is 9.53 Å². The van der Waals surface area contributed by atoms with E-state index in [1.807, 2.05) is 31.7 Å². The highest BCUT2D eigenvalue weighted by Crippen LogP contribution is 2.20. The van der Waals surface area contributed by atoms with E-state index in [2.05, 4.69) is 5.32 Å². The van der Waals surface area contributed by atoms with E-state index in [0.29, 0.717) is 12.2 Å². The summed E-state index contributed by atoms with van der Waals surface area (Å²) in [6.07, 6.45) is 2.64. The maximum absolute atomic E-state index is 11.3. The van der Waals surface area contributed by atoms with Crippen LogP contribution in [0.2, 0.25) is 0 Å². The van der Waals surface area contributed by atoms with Crippen LogP contribution < -0.4 is 5.32 Å². The summed E-state index contributed by atoms with van der Waals surface area (Å²) in [6, 6.07) is 0. The van der Waals surface area contributed by atoms with Crippen molar-refractivity contribution in [3.05, 3.63) is 0 Å². The summed E-state index contributed by atoms with van der Waals surface area (Å²) in [7, 11) is 5.53. The first-order valence-electron chi connectivity index (χ1n) is 6.18. The Morgan fingerprint density at radius 2 is 2.06 bits per heavy atom. The summed E-state index contributed by atoms with van der Waals surface area (Å²) in [5.41, 5.74) is 0. The zero-order chi connectivity index (χ0) is 12.9. The smallest absolute Gasteiger partial charge is 0.135 e. The number of unbranched alkanes of at least 4 members (excludes halogenated alkanes) is 1. The van der Waals surface area contributed by atoms with Crippen molar-refractivity contribution in [1.29, 1.82) is 0 Å². The molecule has 0 unspecified atom stereocenters. The molecule has 0 aromatic rings. The molecular formula is C12H25NO2S2. The molecule has 0 aliphatic carbocycles. The molecule has 3 nitrogen and oxygen atoms in total. The number of Topliss-reactive ketones (excluding diaryl/α,β-unsaturated/α-hetero) is 1. The van der Waals surface area contributed by atoms with Gasteiger partial charge in [-0.3, -0.25) is 4.79 Å². The van der Waals surface area contributed by atoms with Gasteiger partial charge in [0, 0.05) is 31.2 Å². The number of carbonyl (C=O) groups excluding carboxylic acids is 1. The minimum absolute atomic E-state index is 0.176. The molecule has 0 aliphatic heterocycles. The fourth-order valence-corrected chi connectivity index (χ4v) is 2.79. The van der Waals surface area contributed by atoms with Crippen molar-refractivity contribution in [3.63, 3.8) is 0 Å². The molecule has 1 N–H and O–H groups in total. The highest BCUT2D eigenvalue weighted by molar-refractivity contribution is 8.76. The van der Waals surface area contributed by atoms with Gasteiger partial charge in [0.05, 0.1) is 0 Å². The normalized spacial score (nSPS) is 11.1. The molecule has 5 heteroatoms. The lowest BCUT2D eigenvalue weighted by atomic mass is 10.0. The summed E-state index contributed by atoms with van der Waals surface area (Å²) in [5.74, 6) is 2.39. The van der Waals surface area contributed by atoms with E-state index in [1.165, 1.54) is 0 Å². The van der Waals surface area contributed by atoms with Crippen molar-refractivity contribution >= 4 is 27.4 Å². The van der Waals surface area contributed by atoms with Crippen LogP contribution in [0, 0.1) is 5.92 Å². The number of ether oxygens (including phenoxy) is 1. The van der Waals surface area contributed by atoms with Crippen LogP contribution >= 0.6 is 21.6 Å². The first-order valence-corrected chi connectivity index (χ1v) is 8.66. The summed E-state index contributed by atoms with van der Waals surface area (Å²) >= 11 is 0. The summed E-state index contributed by atoms with van der Waals surface area (Å²) < 4.78 is 5.47. The summed E-state index contributed by atoms with van der Waals surface area (Å²) in [4.78, 5) is 11.3. The van der Waals surface area contributed by atoms with Gasteiger partial charge in [0.2, 0.25) is 0 Å². The Balaban J connectivity index is 3.06. The minimum atomic E-state index is 0.176. The largest absolute Gasteiger partial charge is 0.370 e. The second-order valence-electron chi connectivity index (χ2n) is 4.15. The predicted octanol–water partition coefficient (Wildman–Crippen LogP) is 2.96. The van der Waals surface area contributed by atoms with Crippen molar-refractivity contribution in [3.8, 4) is 0 Å². The van der Waals surface area contributed by atoms with Crippen LogP contribution in [0.4, 0.5) is 0 Å². The van der Waals surface area contributed by atoms with E-state index in [9.17, 15) is 4.79 Å². The van der Waals surface area contributed by atoms with Crippen LogP contribution in [0.5, 0.6) is 0 Å². The first kappa shape index (κ1) is 17.3. The Hall–Kier alpha value is 0.290. The van der Waals surface area contributed by atoms with Crippen molar-refractivity contribution in [2.24, 2.45) is 5.92 Å². The zero-order valence-corrected chi connectivity index (χ0v) is 12.8. The predicted molar refractivity (Wildman–Crippen MR) is 78.5 cm³/mol. The summed E-state index contributed by atoms with van der Waals surface area (Å²) in [6.45, 7) is 5.72. The van der Waals surface area contributed by atoms with Crippen LogP contribution in [0.15, 0.2) is 0 Å².